The van der Waals surface area contributed by atoms with Crippen LogP contribution in [0.1, 0.15) is 0 Å². The monoisotopic (exact) mass is 468 g/mol. The Labute approximate surface area is 192 Å². The predicted octanol–water partition coefficient (Wildman–Crippen LogP) is 6.79. The highest BCUT2D eigenvalue weighted by atomic mass is 35.5. The average molecular weight is 469 g/mol. The van der Waals surface area contributed by atoms with Crippen molar-refractivity contribution in [2.45, 2.75) is 0 Å². The third kappa shape index (κ3) is 4.16. The van der Waals surface area contributed by atoms with E-state index in [4.69, 9.17) is 35.4 Å². The zero-order valence-electron chi connectivity index (χ0n) is 15.8. The Bertz CT molecular complexity index is 1400. The van der Waals surface area contributed by atoms with E-state index in [0.717, 1.165) is 0 Å². The highest BCUT2D eigenvalue weighted by Crippen LogP contribution is 2.31. The third-order valence-corrected chi connectivity index (χ3v) is 5.36. The molecule has 0 bridgehead atoms. The zero-order chi connectivity index (χ0) is 22.0. The summed E-state index contributed by atoms with van der Waals surface area (Å²) in [5.41, 5.74) is 0.483. The third-order valence-electron chi connectivity index (χ3n) is 4.42. The number of aromatic nitrogens is 2. The normalized spacial score (nSPS) is 11.2. The summed E-state index contributed by atoms with van der Waals surface area (Å²) >= 11 is 17.7. The molecule has 0 atom stereocenters. The molecule has 4 rings (SSSR count). The van der Waals surface area contributed by atoms with Gasteiger partial charge in [-0.2, -0.15) is 0 Å². The first-order valence-corrected chi connectivity index (χ1v) is 10.2. The Morgan fingerprint density at radius 2 is 1.39 bits per heavy atom. The summed E-state index contributed by atoms with van der Waals surface area (Å²) in [6, 6.07) is 22.3. The molecular formula is C22H14Cl2N4O2S. The summed E-state index contributed by atoms with van der Waals surface area (Å²) in [6.45, 7) is 0. The molecule has 0 amide bonds. The SMILES string of the molecule is O=c1c(N=Nc2ccccc2Cl)c(O)n(-c2ccc(Cl)cc2)c(=S)n1-c1ccccc1. The van der Waals surface area contributed by atoms with Crippen LogP contribution in [0.2, 0.25) is 10.0 Å². The maximum Gasteiger partial charge on any atom is 0.290 e. The molecule has 4 aromatic rings. The lowest BCUT2D eigenvalue weighted by Crippen LogP contribution is -2.23. The van der Waals surface area contributed by atoms with E-state index in [1.54, 1.807) is 72.8 Å². The van der Waals surface area contributed by atoms with Gasteiger partial charge in [0.05, 0.1) is 16.4 Å². The van der Waals surface area contributed by atoms with E-state index in [9.17, 15) is 9.90 Å². The van der Waals surface area contributed by atoms with E-state index in [2.05, 4.69) is 10.2 Å². The fraction of sp³-hybridized carbons (Fsp3) is 0. The number of hydrogen-bond acceptors (Lipinski definition) is 5. The number of rotatable bonds is 4. The first-order chi connectivity index (χ1) is 15.0. The van der Waals surface area contributed by atoms with Crippen molar-refractivity contribution in [1.82, 2.24) is 9.13 Å². The van der Waals surface area contributed by atoms with Gasteiger partial charge in [-0.25, -0.2) is 0 Å². The van der Waals surface area contributed by atoms with E-state index in [1.807, 2.05) is 6.07 Å². The fourth-order valence-electron chi connectivity index (χ4n) is 2.94. The molecule has 0 aliphatic rings. The Morgan fingerprint density at radius 1 is 0.774 bits per heavy atom. The number of halogens is 2. The minimum absolute atomic E-state index is 0.0627. The molecule has 6 nitrogen and oxygen atoms in total. The highest BCUT2D eigenvalue weighted by molar-refractivity contribution is 7.71. The Morgan fingerprint density at radius 3 is 2.06 bits per heavy atom. The van der Waals surface area contributed by atoms with Crippen molar-refractivity contribution in [3.05, 3.63) is 104 Å². The van der Waals surface area contributed by atoms with Crippen molar-refractivity contribution in [3.63, 3.8) is 0 Å². The summed E-state index contributed by atoms with van der Waals surface area (Å²) < 4.78 is 2.68. The van der Waals surface area contributed by atoms with Crippen molar-refractivity contribution in [1.29, 1.82) is 0 Å². The van der Waals surface area contributed by atoms with Crippen LogP contribution < -0.4 is 5.56 Å². The molecule has 0 saturated heterocycles. The summed E-state index contributed by atoms with van der Waals surface area (Å²) in [7, 11) is 0. The van der Waals surface area contributed by atoms with Crippen LogP contribution in [-0.2, 0) is 0 Å². The largest absolute Gasteiger partial charge is 0.492 e. The van der Waals surface area contributed by atoms with Gasteiger partial charge in [0, 0.05) is 5.02 Å². The van der Waals surface area contributed by atoms with Gasteiger partial charge in [-0.15, -0.1) is 10.2 Å². The number of benzene rings is 3. The van der Waals surface area contributed by atoms with Crippen LogP contribution in [0.4, 0.5) is 11.4 Å². The summed E-state index contributed by atoms with van der Waals surface area (Å²) in [5.74, 6) is -0.444. The molecule has 3 aromatic carbocycles. The zero-order valence-corrected chi connectivity index (χ0v) is 18.1. The van der Waals surface area contributed by atoms with Crippen LogP contribution >= 0.6 is 35.4 Å². The lowest BCUT2D eigenvalue weighted by molar-refractivity contribution is 0.432. The Kier molecular flexibility index (Phi) is 5.99. The van der Waals surface area contributed by atoms with E-state index >= 15 is 0 Å². The first kappa shape index (κ1) is 21.0. The molecule has 0 unspecified atom stereocenters. The number of para-hydroxylation sites is 1. The molecule has 0 aliphatic carbocycles. The van der Waals surface area contributed by atoms with Crippen molar-refractivity contribution in [2.24, 2.45) is 10.2 Å². The van der Waals surface area contributed by atoms with E-state index in [1.165, 1.54) is 9.13 Å². The maximum absolute atomic E-state index is 13.3. The second-order valence-corrected chi connectivity index (χ2v) is 7.60. The Balaban J connectivity index is 2.01. The number of nitrogens with zero attached hydrogens (tertiary/aromatic N) is 4. The Hall–Kier alpha value is -3.26. The predicted molar refractivity (Wildman–Crippen MR) is 125 cm³/mol. The smallest absolute Gasteiger partial charge is 0.290 e. The van der Waals surface area contributed by atoms with E-state index < -0.39 is 11.4 Å². The van der Waals surface area contributed by atoms with Gasteiger partial charge < -0.3 is 5.11 Å². The lowest BCUT2D eigenvalue weighted by Gasteiger charge is -2.16. The van der Waals surface area contributed by atoms with Crippen molar-refractivity contribution >= 4 is 46.8 Å². The van der Waals surface area contributed by atoms with Gasteiger partial charge in [0.15, 0.2) is 4.77 Å². The molecule has 154 valence electrons. The summed E-state index contributed by atoms with van der Waals surface area (Å²) in [6.07, 6.45) is 0. The summed E-state index contributed by atoms with van der Waals surface area (Å²) in [4.78, 5) is 13.3. The lowest BCUT2D eigenvalue weighted by atomic mass is 10.3. The number of aromatic hydroxyl groups is 1. The summed E-state index contributed by atoms with van der Waals surface area (Å²) in [5, 5.41) is 19.9. The van der Waals surface area contributed by atoms with Gasteiger partial charge in [0.2, 0.25) is 11.6 Å². The minimum Gasteiger partial charge on any atom is -0.492 e. The molecule has 0 fully saturated rings. The number of hydrogen-bond donors (Lipinski definition) is 1. The van der Waals surface area contributed by atoms with Gasteiger partial charge in [0.1, 0.15) is 5.69 Å². The molecule has 1 heterocycles. The second-order valence-electron chi connectivity index (χ2n) is 6.39. The molecule has 0 saturated carbocycles. The van der Waals surface area contributed by atoms with Gasteiger partial charge in [-0.3, -0.25) is 13.9 Å². The van der Waals surface area contributed by atoms with E-state index in [0.29, 0.717) is 27.1 Å². The van der Waals surface area contributed by atoms with Gasteiger partial charge in [0.25, 0.3) is 5.56 Å². The van der Waals surface area contributed by atoms with Gasteiger partial charge in [-0.05, 0) is 60.7 Å². The quantitative estimate of drug-likeness (QED) is 0.264. The standard InChI is InChI=1S/C22H14Cl2N4O2S/c23-14-10-12-16(13-11-14)28-21(30)19(26-25-18-9-5-4-8-17(18)24)20(29)27(22(28)31)15-6-2-1-3-7-15/h1-13,30H. The van der Waals surface area contributed by atoms with Crippen molar-refractivity contribution in [2.75, 3.05) is 0 Å². The average Bonchev–Trinajstić information content (AvgIpc) is 2.77. The van der Waals surface area contributed by atoms with E-state index in [-0.39, 0.29) is 10.5 Å². The van der Waals surface area contributed by atoms with Gasteiger partial charge in [-0.1, -0.05) is 53.5 Å². The molecule has 0 aliphatic heterocycles. The fourth-order valence-corrected chi connectivity index (χ4v) is 3.62. The molecule has 31 heavy (non-hydrogen) atoms. The topological polar surface area (TPSA) is 71.9 Å². The van der Waals surface area contributed by atoms with Crippen LogP contribution in [0.15, 0.2) is 93.9 Å². The maximum atomic E-state index is 13.3. The van der Waals surface area contributed by atoms with Crippen molar-refractivity contribution < 1.29 is 5.11 Å². The van der Waals surface area contributed by atoms with Crippen LogP contribution in [0.5, 0.6) is 5.88 Å². The molecule has 0 spiro atoms. The van der Waals surface area contributed by atoms with Crippen molar-refractivity contribution in [3.8, 4) is 17.3 Å². The van der Waals surface area contributed by atoms with Crippen LogP contribution in [-0.4, -0.2) is 14.2 Å². The van der Waals surface area contributed by atoms with Crippen LogP contribution in [0.25, 0.3) is 11.4 Å². The molecule has 1 N–H and O–H groups in total. The molecule has 1 aromatic heterocycles. The molecular weight excluding hydrogens is 455 g/mol. The second kappa shape index (κ2) is 8.85. The minimum atomic E-state index is -0.616. The molecule has 0 radical (unpaired) electrons. The molecule has 9 heteroatoms. The van der Waals surface area contributed by atoms with Gasteiger partial charge >= 0.3 is 0 Å². The van der Waals surface area contributed by atoms with Crippen LogP contribution in [0.3, 0.4) is 0 Å². The van der Waals surface area contributed by atoms with Crippen LogP contribution in [0, 0.1) is 4.77 Å². The highest BCUT2D eigenvalue weighted by Gasteiger charge is 2.19. The first-order valence-electron chi connectivity index (χ1n) is 9.06. The number of azo groups is 1.